The molecule has 0 aromatic heterocycles. The molecule has 2 aromatic carbocycles. The molecule has 0 aliphatic carbocycles. The first-order chi connectivity index (χ1) is 8.79. The quantitative estimate of drug-likeness (QED) is 0.893. The maximum Gasteiger partial charge on any atom is 0.412 e. The van der Waals surface area contributed by atoms with Gasteiger partial charge in [-0.15, -0.1) is 0 Å². The number of ether oxygens (including phenoxy) is 1. The van der Waals surface area contributed by atoms with Gasteiger partial charge in [-0.1, -0.05) is 42.5 Å². The Labute approximate surface area is 106 Å². The number of hydrogen-bond donors (Lipinski definition) is 1. The number of hydrogen-bond acceptors (Lipinski definition) is 2. The molecule has 0 aliphatic heterocycles. The molecule has 0 radical (unpaired) electrons. The summed E-state index contributed by atoms with van der Waals surface area (Å²) in [6.07, 6.45) is -0.426. The van der Waals surface area contributed by atoms with Crippen molar-refractivity contribution in [2.75, 3.05) is 6.54 Å². The first-order valence-electron chi connectivity index (χ1n) is 5.91. The Bertz CT molecular complexity index is 506. The number of nitrogens with one attached hydrogen (secondary N) is 1. The van der Waals surface area contributed by atoms with Gasteiger partial charge in [0, 0.05) is 6.54 Å². The molecule has 3 nitrogen and oxygen atoms in total. The normalized spacial score (nSPS) is 9.83. The lowest BCUT2D eigenvalue weighted by molar-refractivity contribution is 0.201. The highest BCUT2D eigenvalue weighted by Crippen LogP contribution is 2.21. The predicted octanol–water partition coefficient (Wildman–Crippen LogP) is 3.46. The molecule has 2 rings (SSSR count). The third kappa shape index (κ3) is 3.10. The molecular formula is C15H15NO2. The van der Waals surface area contributed by atoms with E-state index in [1.165, 1.54) is 0 Å². The van der Waals surface area contributed by atoms with Gasteiger partial charge in [0.15, 0.2) is 0 Å². The van der Waals surface area contributed by atoms with E-state index in [2.05, 4.69) is 5.32 Å². The molecular weight excluding hydrogens is 226 g/mol. The van der Waals surface area contributed by atoms with Crippen LogP contribution in [-0.2, 0) is 0 Å². The third-order valence-corrected chi connectivity index (χ3v) is 2.49. The molecule has 18 heavy (non-hydrogen) atoms. The molecule has 0 atom stereocenters. The molecule has 1 N–H and O–H groups in total. The lowest BCUT2D eigenvalue weighted by Crippen LogP contribution is -2.26. The number of carbonyl (C=O) groups excluding carboxylic acids is 1. The van der Waals surface area contributed by atoms with E-state index in [-0.39, 0.29) is 0 Å². The van der Waals surface area contributed by atoms with Crippen LogP contribution in [0.5, 0.6) is 5.75 Å². The number of amides is 1. The van der Waals surface area contributed by atoms with Crippen molar-refractivity contribution in [2.45, 2.75) is 6.92 Å². The lowest BCUT2D eigenvalue weighted by atomic mass is 10.1. The van der Waals surface area contributed by atoms with Crippen LogP contribution >= 0.6 is 0 Å². The molecule has 2 aromatic rings. The van der Waals surface area contributed by atoms with Crippen molar-refractivity contribution >= 4 is 6.09 Å². The minimum atomic E-state index is -0.426. The van der Waals surface area contributed by atoms with Crippen LogP contribution in [0.2, 0.25) is 0 Å². The Balaban J connectivity index is 2.09. The summed E-state index contributed by atoms with van der Waals surface area (Å²) in [6.45, 7) is 2.40. The molecule has 3 heteroatoms. The van der Waals surface area contributed by atoms with Crippen molar-refractivity contribution in [2.24, 2.45) is 0 Å². The van der Waals surface area contributed by atoms with Gasteiger partial charge in [-0.2, -0.15) is 0 Å². The highest BCUT2D eigenvalue weighted by Gasteiger charge is 2.02. The van der Waals surface area contributed by atoms with Gasteiger partial charge in [0.25, 0.3) is 0 Å². The fourth-order valence-electron chi connectivity index (χ4n) is 1.63. The van der Waals surface area contributed by atoms with Gasteiger partial charge in [0.1, 0.15) is 5.75 Å². The van der Waals surface area contributed by atoms with E-state index in [4.69, 9.17) is 4.74 Å². The van der Waals surface area contributed by atoms with E-state index in [9.17, 15) is 4.79 Å². The van der Waals surface area contributed by atoms with Crippen molar-refractivity contribution in [3.8, 4) is 16.9 Å². The zero-order valence-corrected chi connectivity index (χ0v) is 10.2. The van der Waals surface area contributed by atoms with Crippen LogP contribution in [0.1, 0.15) is 6.92 Å². The van der Waals surface area contributed by atoms with Gasteiger partial charge in [-0.3, -0.25) is 0 Å². The van der Waals surface area contributed by atoms with E-state index in [1.807, 2.05) is 49.4 Å². The Morgan fingerprint density at radius 2 is 1.61 bits per heavy atom. The first kappa shape index (κ1) is 12.2. The Morgan fingerprint density at radius 3 is 2.22 bits per heavy atom. The average Bonchev–Trinajstić information content (AvgIpc) is 2.41. The molecule has 0 heterocycles. The highest BCUT2D eigenvalue weighted by atomic mass is 16.5. The second kappa shape index (κ2) is 5.87. The van der Waals surface area contributed by atoms with Crippen LogP contribution in [0.3, 0.4) is 0 Å². The summed E-state index contributed by atoms with van der Waals surface area (Å²) >= 11 is 0. The maximum absolute atomic E-state index is 11.2. The minimum Gasteiger partial charge on any atom is -0.410 e. The molecule has 0 saturated heterocycles. The fourth-order valence-corrected chi connectivity index (χ4v) is 1.63. The minimum absolute atomic E-state index is 0.426. The van der Waals surface area contributed by atoms with Gasteiger partial charge < -0.3 is 10.1 Å². The summed E-state index contributed by atoms with van der Waals surface area (Å²) < 4.78 is 5.10. The molecule has 92 valence electrons. The summed E-state index contributed by atoms with van der Waals surface area (Å²) in [5, 5.41) is 2.58. The first-order valence-corrected chi connectivity index (χ1v) is 5.91. The van der Waals surface area contributed by atoms with Gasteiger partial charge in [0.05, 0.1) is 0 Å². The van der Waals surface area contributed by atoms with Crippen molar-refractivity contribution in [3.63, 3.8) is 0 Å². The second-order valence-electron chi connectivity index (χ2n) is 3.81. The summed E-state index contributed by atoms with van der Waals surface area (Å²) in [4.78, 5) is 11.2. The summed E-state index contributed by atoms with van der Waals surface area (Å²) in [5.74, 6) is 0.542. The van der Waals surface area contributed by atoms with Crippen molar-refractivity contribution in [1.29, 1.82) is 0 Å². The molecule has 0 saturated carbocycles. The van der Waals surface area contributed by atoms with Crippen molar-refractivity contribution in [1.82, 2.24) is 5.32 Å². The largest absolute Gasteiger partial charge is 0.412 e. The molecule has 0 aliphatic rings. The lowest BCUT2D eigenvalue weighted by Gasteiger charge is -2.06. The number of benzene rings is 2. The Morgan fingerprint density at radius 1 is 1.00 bits per heavy atom. The molecule has 0 unspecified atom stereocenters. The SMILES string of the molecule is CCNC(=O)Oc1ccc(-c2ccccc2)cc1. The summed E-state index contributed by atoms with van der Waals surface area (Å²) in [7, 11) is 0. The van der Waals surface area contributed by atoms with Crippen molar-refractivity contribution < 1.29 is 9.53 Å². The number of carbonyl (C=O) groups is 1. The van der Waals surface area contributed by atoms with Gasteiger partial charge in [-0.05, 0) is 30.2 Å². The Kier molecular flexibility index (Phi) is 3.97. The zero-order valence-electron chi connectivity index (χ0n) is 10.2. The van der Waals surface area contributed by atoms with Crippen LogP contribution in [0.4, 0.5) is 4.79 Å². The van der Waals surface area contributed by atoms with Crippen LogP contribution < -0.4 is 10.1 Å². The van der Waals surface area contributed by atoms with Crippen LogP contribution in [0.15, 0.2) is 54.6 Å². The molecule has 0 spiro atoms. The number of rotatable bonds is 3. The van der Waals surface area contributed by atoms with E-state index >= 15 is 0 Å². The van der Waals surface area contributed by atoms with Crippen molar-refractivity contribution in [3.05, 3.63) is 54.6 Å². The monoisotopic (exact) mass is 241 g/mol. The van der Waals surface area contributed by atoms with Gasteiger partial charge in [-0.25, -0.2) is 4.79 Å². The topological polar surface area (TPSA) is 38.3 Å². The van der Waals surface area contributed by atoms with Crippen LogP contribution in [0.25, 0.3) is 11.1 Å². The van der Waals surface area contributed by atoms with E-state index in [1.54, 1.807) is 12.1 Å². The smallest absolute Gasteiger partial charge is 0.410 e. The van der Waals surface area contributed by atoms with Gasteiger partial charge >= 0.3 is 6.09 Å². The van der Waals surface area contributed by atoms with Crippen LogP contribution in [0, 0.1) is 0 Å². The molecule has 0 bridgehead atoms. The third-order valence-electron chi connectivity index (χ3n) is 2.49. The zero-order chi connectivity index (χ0) is 12.8. The molecule has 0 fully saturated rings. The summed E-state index contributed by atoms with van der Waals surface area (Å²) in [5.41, 5.74) is 2.24. The standard InChI is InChI=1S/C15H15NO2/c1-2-16-15(17)18-14-10-8-13(9-11-14)12-6-4-3-5-7-12/h3-11H,2H2,1H3,(H,16,17). The van der Waals surface area contributed by atoms with Crippen LogP contribution in [-0.4, -0.2) is 12.6 Å². The Hall–Kier alpha value is -2.29. The van der Waals surface area contributed by atoms with E-state index in [0.29, 0.717) is 12.3 Å². The highest BCUT2D eigenvalue weighted by molar-refractivity contribution is 5.71. The summed E-state index contributed by atoms with van der Waals surface area (Å²) in [6, 6.07) is 17.5. The average molecular weight is 241 g/mol. The van der Waals surface area contributed by atoms with E-state index in [0.717, 1.165) is 11.1 Å². The fraction of sp³-hybridized carbons (Fsp3) is 0.133. The van der Waals surface area contributed by atoms with E-state index < -0.39 is 6.09 Å². The molecule has 1 amide bonds. The van der Waals surface area contributed by atoms with Gasteiger partial charge in [0.2, 0.25) is 0 Å². The maximum atomic E-state index is 11.2. The predicted molar refractivity (Wildman–Crippen MR) is 71.6 cm³/mol. The second-order valence-corrected chi connectivity index (χ2v) is 3.81.